The average molecular weight is 544 g/mol. The molecule has 32 heavy (non-hydrogen) atoms. The third-order valence-electron chi connectivity index (χ3n) is 6.11. The Balaban J connectivity index is 0.00000289. The van der Waals surface area contributed by atoms with Crippen molar-refractivity contribution in [2.75, 3.05) is 38.1 Å². The van der Waals surface area contributed by atoms with Crippen molar-refractivity contribution in [1.29, 1.82) is 0 Å². The van der Waals surface area contributed by atoms with E-state index in [-0.39, 0.29) is 24.0 Å². The Morgan fingerprint density at radius 2 is 1.72 bits per heavy atom. The largest absolute Gasteiger partial charge is 0.368 e. The standard InChI is InChI=1S/C25H32N6.HI/c1-20-5-4-6-24(21(20)2)30-13-15-31(16-14-30)25(26-3)28-17-22-7-9-23(10-8-22)18-29-12-11-27-19-29;/h4-12,19H,13-18H2,1-3H3,(H,26,28);1H. The number of benzene rings is 2. The molecule has 3 aromatic rings. The number of halogens is 1. The highest BCUT2D eigenvalue weighted by Gasteiger charge is 2.21. The Labute approximate surface area is 208 Å². The van der Waals surface area contributed by atoms with Crippen LogP contribution >= 0.6 is 24.0 Å². The van der Waals surface area contributed by atoms with Crippen molar-refractivity contribution in [1.82, 2.24) is 19.8 Å². The molecule has 6 nitrogen and oxygen atoms in total. The minimum Gasteiger partial charge on any atom is -0.368 e. The normalized spacial score (nSPS) is 14.3. The lowest BCUT2D eigenvalue weighted by molar-refractivity contribution is 0.372. The molecule has 2 heterocycles. The van der Waals surface area contributed by atoms with Crippen LogP contribution in [0, 0.1) is 13.8 Å². The van der Waals surface area contributed by atoms with Gasteiger partial charge in [0.15, 0.2) is 5.96 Å². The zero-order chi connectivity index (χ0) is 21.6. The second kappa shape index (κ2) is 11.4. The van der Waals surface area contributed by atoms with Crippen molar-refractivity contribution in [2.24, 2.45) is 4.99 Å². The van der Waals surface area contributed by atoms with Crippen molar-refractivity contribution < 1.29 is 0 Å². The summed E-state index contributed by atoms with van der Waals surface area (Å²) in [5.41, 5.74) is 6.63. The zero-order valence-electron chi connectivity index (χ0n) is 19.2. The van der Waals surface area contributed by atoms with E-state index in [0.29, 0.717) is 0 Å². The molecule has 0 bridgehead atoms. The SMILES string of the molecule is CN=C(NCc1ccc(Cn2ccnc2)cc1)N1CCN(c2cccc(C)c2C)CC1.I. The van der Waals surface area contributed by atoms with Crippen molar-refractivity contribution >= 4 is 35.6 Å². The number of hydrogen-bond acceptors (Lipinski definition) is 3. The highest BCUT2D eigenvalue weighted by molar-refractivity contribution is 14.0. The number of guanidine groups is 1. The van der Waals surface area contributed by atoms with Gasteiger partial charge in [0, 0.05) is 64.4 Å². The lowest BCUT2D eigenvalue weighted by Gasteiger charge is -2.38. The number of rotatable bonds is 5. The molecule has 1 aliphatic rings. The van der Waals surface area contributed by atoms with Gasteiger partial charge in [-0.3, -0.25) is 4.99 Å². The zero-order valence-corrected chi connectivity index (χ0v) is 21.5. The number of piperazine rings is 1. The van der Waals surface area contributed by atoms with Crippen LogP contribution in [0.4, 0.5) is 5.69 Å². The fraction of sp³-hybridized carbons (Fsp3) is 0.360. The van der Waals surface area contributed by atoms with Gasteiger partial charge in [0.1, 0.15) is 0 Å². The van der Waals surface area contributed by atoms with E-state index in [1.807, 2.05) is 25.8 Å². The Hall–Kier alpha value is -2.55. The summed E-state index contributed by atoms with van der Waals surface area (Å²) in [5, 5.41) is 3.54. The van der Waals surface area contributed by atoms with Gasteiger partial charge in [0.25, 0.3) is 0 Å². The van der Waals surface area contributed by atoms with Gasteiger partial charge in [-0.25, -0.2) is 4.98 Å². The van der Waals surface area contributed by atoms with Crippen LogP contribution in [0.2, 0.25) is 0 Å². The monoisotopic (exact) mass is 544 g/mol. The first kappa shape index (κ1) is 24.1. The van der Waals surface area contributed by atoms with Crippen LogP contribution in [0.1, 0.15) is 22.3 Å². The third kappa shape index (κ3) is 5.82. The second-order valence-corrected chi connectivity index (χ2v) is 8.15. The summed E-state index contributed by atoms with van der Waals surface area (Å²) in [6, 6.07) is 15.3. The van der Waals surface area contributed by atoms with E-state index in [4.69, 9.17) is 0 Å². The molecule has 170 valence electrons. The van der Waals surface area contributed by atoms with E-state index in [0.717, 1.165) is 45.2 Å². The Bertz CT molecular complexity index is 1010. The quantitative estimate of drug-likeness (QED) is 0.299. The Kier molecular flexibility index (Phi) is 8.55. The van der Waals surface area contributed by atoms with Gasteiger partial charge < -0.3 is 19.7 Å². The van der Waals surface area contributed by atoms with Gasteiger partial charge in [0.05, 0.1) is 6.33 Å². The van der Waals surface area contributed by atoms with Crippen LogP contribution in [0.5, 0.6) is 0 Å². The first-order valence-corrected chi connectivity index (χ1v) is 10.9. The van der Waals surface area contributed by atoms with Gasteiger partial charge in [-0.2, -0.15) is 0 Å². The molecule has 7 heteroatoms. The molecule has 1 fully saturated rings. The molecule has 0 atom stereocenters. The molecule has 4 rings (SSSR count). The molecule has 1 N–H and O–H groups in total. The number of nitrogens with zero attached hydrogens (tertiary/aromatic N) is 5. The first-order chi connectivity index (χ1) is 15.1. The van der Waals surface area contributed by atoms with E-state index < -0.39 is 0 Å². The number of aliphatic imine (C=N–C) groups is 1. The van der Waals surface area contributed by atoms with E-state index in [9.17, 15) is 0 Å². The predicted molar refractivity (Wildman–Crippen MR) is 143 cm³/mol. The van der Waals surface area contributed by atoms with Gasteiger partial charge >= 0.3 is 0 Å². The second-order valence-electron chi connectivity index (χ2n) is 8.15. The fourth-order valence-electron chi connectivity index (χ4n) is 4.10. The first-order valence-electron chi connectivity index (χ1n) is 10.9. The van der Waals surface area contributed by atoms with Gasteiger partial charge in [-0.05, 0) is 42.2 Å². The van der Waals surface area contributed by atoms with E-state index in [1.165, 1.54) is 27.9 Å². The van der Waals surface area contributed by atoms with Crippen LogP contribution in [0.3, 0.4) is 0 Å². The summed E-state index contributed by atoms with van der Waals surface area (Å²) in [6.07, 6.45) is 5.64. The van der Waals surface area contributed by atoms with Crippen LogP contribution in [-0.4, -0.2) is 53.6 Å². The van der Waals surface area contributed by atoms with E-state index in [1.54, 1.807) is 0 Å². The summed E-state index contributed by atoms with van der Waals surface area (Å²) in [4.78, 5) is 13.5. The average Bonchev–Trinajstić information content (AvgIpc) is 3.31. The van der Waals surface area contributed by atoms with Crippen LogP contribution in [0.15, 0.2) is 66.2 Å². The summed E-state index contributed by atoms with van der Waals surface area (Å²) >= 11 is 0. The molecular weight excluding hydrogens is 511 g/mol. The summed E-state index contributed by atoms with van der Waals surface area (Å²) < 4.78 is 2.08. The molecule has 0 unspecified atom stereocenters. The topological polar surface area (TPSA) is 48.7 Å². The molecule has 0 radical (unpaired) electrons. The molecule has 1 aliphatic heterocycles. The highest BCUT2D eigenvalue weighted by Crippen LogP contribution is 2.23. The Morgan fingerprint density at radius 1 is 1.00 bits per heavy atom. The fourth-order valence-corrected chi connectivity index (χ4v) is 4.10. The van der Waals surface area contributed by atoms with E-state index >= 15 is 0 Å². The van der Waals surface area contributed by atoms with Gasteiger partial charge in [0.2, 0.25) is 0 Å². The van der Waals surface area contributed by atoms with Gasteiger partial charge in [-0.1, -0.05) is 36.4 Å². The molecule has 2 aromatic carbocycles. The minimum absolute atomic E-state index is 0. The van der Waals surface area contributed by atoms with Crippen LogP contribution < -0.4 is 10.2 Å². The number of anilines is 1. The van der Waals surface area contributed by atoms with Crippen molar-refractivity contribution in [3.05, 3.63) is 83.4 Å². The minimum atomic E-state index is 0. The van der Waals surface area contributed by atoms with Gasteiger partial charge in [-0.15, -0.1) is 24.0 Å². The summed E-state index contributed by atoms with van der Waals surface area (Å²) in [7, 11) is 1.87. The van der Waals surface area contributed by atoms with Crippen molar-refractivity contribution in [3.8, 4) is 0 Å². The lowest BCUT2D eigenvalue weighted by atomic mass is 10.1. The number of aryl methyl sites for hydroxylation is 1. The highest BCUT2D eigenvalue weighted by atomic mass is 127. The third-order valence-corrected chi connectivity index (χ3v) is 6.11. The number of aromatic nitrogens is 2. The molecular formula is C25H33IN6. The van der Waals surface area contributed by atoms with Crippen molar-refractivity contribution in [3.63, 3.8) is 0 Å². The molecule has 0 spiro atoms. The number of imidazole rings is 1. The van der Waals surface area contributed by atoms with Crippen LogP contribution in [0.25, 0.3) is 0 Å². The maximum absolute atomic E-state index is 4.53. The lowest BCUT2D eigenvalue weighted by Crippen LogP contribution is -2.52. The molecule has 0 aliphatic carbocycles. The van der Waals surface area contributed by atoms with E-state index in [2.05, 4.69) is 86.0 Å². The summed E-state index contributed by atoms with van der Waals surface area (Å²) in [5.74, 6) is 0.975. The molecule has 1 aromatic heterocycles. The molecule has 1 saturated heterocycles. The maximum Gasteiger partial charge on any atom is 0.194 e. The van der Waals surface area contributed by atoms with Crippen molar-refractivity contribution in [2.45, 2.75) is 26.9 Å². The predicted octanol–water partition coefficient (Wildman–Crippen LogP) is 4.06. The molecule has 0 amide bonds. The number of hydrogen-bond donors (Lipinski definition) is 1. The molecule has 0 saturated carbocycles. The maximum atomic E-state index is 4.53. The smallest absolute Gasteiger partial charge is 0.194 e. The number of nitrogens with one attached hydrogen (secondary N) is 1. The van der Waals surface area contributed by atoms with Crippen LogP contribution in [-0.2, 0) is 13.1 Å². The Morgan fingerprint density at radius 3 is 2.38 bits per heavy atom. The summed E-state index contributed by atoms with van der Waals surface area (Å²) in [6.45, 7) is 9.98.